The molecule has 0 spiro atoms. The van der Waals surface area contributed by atoms with Crippen LogP contribution in [0.15, 0.2) is 35.1 Å². The predicted octanol–water partition coefficient (Wildman–Crippen LogP) is -0.611. The molecule has 6 atom stereocenters. The summed E-state index contributed by atoms with van der Waals surface area (Å²) in [6.45, 7) is 1.63. The Labute approximate surface area is 247 Å². The van der Waals surface area contributed by atoms with E-state index in [2.05, 4.69) is 10.6 Å². The molecular formula is C29H38N4O10. The highest BCUT2D eigenvalue weighted by Crippen LogP contribution is 2.57. The van der Waals surface area contributed by atoms with Gasteiger partial charge in [0.15, 0.2) is 11.4 Å². The Kier molecular flexibility index (Phi) is 8.73. The number of benzene rings is 1. The maximum absolute atomic E-state index is 14.1. The van der Waals surface area contributed by atoms with Crippen LogP contribution in [0.2, 0.25) is 0 Å². The number of carbonyl (C=O) groups excluding carboxylic acids is 3. The molecule has 3 aliphatic carbocycles. The molecule has 3 aliphatic rings. The summed E-state index contributed by atoms with van der Waals surface area (Å²) in [4.78, 5) is 53.1. The third-order valence-corrected chi connectivity index (χ3v) is 8.81. The second kappa shape index (κ2) is 11.7. The number of aliphatic carboxylic acids is 1. The molecule has 1 saturated carbocycles. The van der Waals surface area contributed by atoms with E-state index >= 15 is 0 Å². The summed E-state index contributed by atoms with van der Waals surface area (Å²) in [6.07, 6.45) is 1.10. The van der Waals surface area contributed by atoms with Gasteiger partial charge in [0.1, 0.15) is 28.9 Å². The molecule has 14 heteroatoms. The normalized spacial score (nSPS) is 29.2. The van der Waals surface area contributed by atoms with Crippen molar-refractivity contribution in [2.24, 2.45) is 17.6 Å². The van der Waals surface area contributed by atoms with Crippen molar-refractivity contribution in [2.45, 2.75) is 55.9 Å². The molecule has 1 aromatic rings. The fourth-order valence-corrected chi connectivity index (χ4v) is 6.54. The molecule has 0 aromatic heterocycles. The number of phenols is 1. The van der Waals surface area contributed by atoms with Crippen LogP contribution in [0.4, 0.5) is 0 Å². The quantitative estimate of drug-likeness (QED) is 0.0923. The lowest BCUT2D eigenvalue weighted by molar-refractivity contribution is -0.159. The lowest BCUT2D eigenvalue weighted by Crippen LogP contribution is -2.67. The van der Waals surface area contributed by atoms with Gasteiger partial charge in [-0.05, 0) is 58.5 Å². The molecule has 1 amide bonds. The second-order valence-corrected chi connectivity index (χ2v) is 11.7. The predicted molar refractivity (Wildman–Crippen MR) is 151 cm³/mol. The number of unbranched alkanes of at least 4 members (excludes halogenated alkanes) is 1. The SMILES string of the molecule is CN(C)[C@@H]1C(=O)C(C(=O)NCNCCCCC(N)C(=O)O)=C(O)[C@@]2(O)C(=O)C3=C(O)c4c(O)cccc4[C@@](C)(O)[C@H]3C[C@@H]12. The van der Waals surface area contributed by atoms with Crippen LogP contribution in [0, 0.1) is 11.8 Å². The summed E-state index contributed by atoms with van der Waals surface area (Å²) < 4.78 is 0. The molecule has 43 heavy (non-hydrogen) atoms. The summed E-state index contributed by atoms with van der Waals surface area (Å²) in [5.74, 6) is -8.84. The van der Waals surface area contributed by atoms with Gasteiger partial charge in [-0.25, -0.2) is 0 Å². The van der Waals surface area contributed by atoms with Crippen molar-refractivity contribution in [2.75, 3.05) is 27.3 Å². The zero-order valence-corrected chi connectivity index (χ0v) is 24.1. The number of nitrogens with two attached hydrogens (primary N) is 1. The molecular weight excluding hydrogens is 564 g/mol. The van der Waals surface area contributed by atoms with Crippen LogP contribution in [-0.4, -0.2) is 104 Å². The molecule has 0 aliphatic heterocycles. The van der Waals surface area contributed by atoms with Crippen LogP contribution >= 0.6 is 0 Å². The molecule has 1 fully saturated rings. The second-order valence-electron chi connectivity index (χ2n) is 11.7. The van der Waals surface area contributed by atoms with Crippen molar-refractivity contribution < 1.29 is 49.8 Å². The lowest BCUT2D eigenvalue weighted by Gasteiger charge is -2.53. The van der Waals surface area contributed by atoms with Crippen LogP contribution in [-0.2, 0) is 24.8 Å². The van der Waals surface area contributed by atoms with E-state index in [1.807, 2.05) is 0 Å². The first-order valence-electron chi connectivity index (χ1n) is 14.0. The zero-order chi connectivity index (χ0) is 32.0. The van der Waals surface area contributed by atoms with Gasteiger partial charge in [-0.15, -0.1) is 0 Å². The van der Waals surface area contributed by atoms with E-state index in [1.165, 1.54) is 44.1 Å². The number of amides is 1. The van der Waals surface area contributed by atoms with Crippen LogP contribution < -0.4 is 16.4 Å². The Hall–Kier alpha value is -3.82. The van der Waals surface area contributed by atoms with E-state index < -0.39 is 87.0 Å². The van der Waals surface area contributed by atoms with Gasteiger partial charge in [0.2, 0.25) is 5.78 Å². The van der Waals surface area contributed by atoms with Gasteiger partial charge in [-0.3, -0.25) is 29.4 Å². The topological polar surface area (TPSA) is 243 Å². The van der Waals surface area contributed by atoms with Gasteiger partial charge in [0.05, 0.1) is 23.9 Å². The largest absolute Gasteiger partial charge is 0.508 e. The molecule has 10 N–H and O–H groups in total. The molecule has 1 unspecified atom stereocenters. The number of carboxylic acids is 1. The smallest absolute Gasteiger partial charge is 0.320 e. The Morgan fingerprint density at radius 1 is 1.14 bits per heavy atom. The Balaban J connectivity index is 1.64. The highest BCUT2D eigenvalue weighted by Gasteiger charge is 2.66. The van der Waals surface area contributed by atoms with Gasteiger partial charge in [-0.2, -0.15) is 0 Å². The van der Waals surface area contributed by atoms with Crippen molar-refractivity contribution in [3.8, 4) is 5.75 Å². The molecule has 4 rings (SSSR count). The van der Waals surface area contributed by atoms with Crippen LogP contribution in [0.25, 0.3) is 5.76 Å². The number of hydrogen-bond acceptors (Lipinski definition) is 12. The fourth-order valence-electron chi connectivity index (χ4n) is 6.54. The number of rotatable bonds is 10. The number of Topliss-reactive ketones (excluding diaryl/α,β-unsaturated/α-hetero) is 2. The first kappa shape index (κ1) is 32.1. The number of phenolic OH excluding ortho intramolecular Hbond substituents is 1. The number of hydrogen-bond donors (Lipinski definition) is 9. The number of aliphatic hydroxyl groups excluding tert-OH is 2. The summed E-state index contributed by atoms with van der Waals surface area (Å²) in [7, 11) is 3.02. The third-order valence-electron chi connectivity index (χ3n) is 8.81. The van der Waals surface area contributed by atoms with Crippen LogP contribution in [0.1, 0.15) is 43.7 Å². The number of likely N-dealkylation sites (N-methyl/N-ethyl adjacent to an activating group) is 1. The number of carbonyl (C=O) groups is 4. The lowest BCUT2D eigenvalue weighted by atomic mass is 9.54. The number of carboxylic acid groups (broad SMARTS) is 1. The number of ketones is 2. The number of nitrogens with zero attached hydrogens (tertiary/aromatic N) is 1. The van der Waals surface area contributed by atoms with Crippen molar-refractivity contribution >= 4 is 29.2 Å². The van der Waals surface area contributed by atoms with E-state index in [-0.39, 0.29) is 30.6 Å². The summed E-state index contributed by atoms with van der Waals surface area (Å²) in [5.41, 5.74) is -0.436. The molecule has 0 saturated heterocycles. The molecule has 234 valence electrons. The number of fused-ring (bicyclic) bond motifs is 3. The fraction of sp³-hybridized carbons (Fsp3) is 0.517. The molecule has 14 nitrogen and oxygen atoms in total. The van der Waals surface area contributed by atoms with E-state index in [9.17, 15) is 44.7 Å². The van der Waals surface area contributed by atoms with E-state index in [0.29, 0.717) is 19.4 Å². The van der Waals surface area contributed by atoms with E-state index in [0.717, 1.165) is 0 Å². The number of aromatic hydroxyl groups is 1. The maximum atomic E-state index is 14.1. The van der Waals surface area contributed by atoms with Crippen molar-refractivity contribution in [3.05, 3.63) is 46.2 Å². The van der Waals surface area contributed by atoms with Crippen molar-refractivity contribution in [3.63, 3.8) is 0 Å². The average molecular weight is 603 g/mol. The zero-order valence-electron chi connectivity index (χ0n) is 24.1. The van der Waals surface area contributed by atoms with Gasteiger partial charge in [0.25, 0.3) is 5.91 Å². The van der Waals surface area contributed by atoms with E-state index in [4.69, 9.17) is 10.8 Å². The minimum absolute atomic E-state index is 0.150. The van der Waals surface area contributed by atoms with Crippen LogP contribution in [0.3, 0.4) is 0 Å². The first-order chi connectivity index (χ1) is 20.1. The van der Waals surface area contributed by atoms with E-state index in [1.54, 1.807) is 0 Å². The molecule has 1 aromatic carbocycles. The first-order valence-corrected chi connectivity index (χ1v) is 14.0. The Morgan fingerprint density at radius 2 is 1.81 bits per heavy atom. The number of nitrogens with one attached hydrogen (secondary N) is 2. The number of aliphatic hydroxyl groups is 4. The highest BCUT2D eigenvalue weighted by molar-refractivity contribution is 6.25. The van der Waals surface area contributed by atoms with Gasteiger partial charge in [0, 0.05) is 17.4 Å². The van der Waals surface area contributed by atoms with Crippen molar-refractivity contribution in [1.29, 1.82) is 0 Å². The standard InChI is InChI=1S/C29H38N4O10/c1-28(42)13-7-6-9-17(34)18(13)22(35)19-14(28)11-15-21(33(2)3)23(36)20(25(38)29(15,43)24(19)37)26(39)32-12-31-10-5-4-8-16(30)27(40)41/h6-7,9,14-16,21,31,34-35,38,42-43H,4-5,8,10-12,30H2,1-3H3,(H,32,39)(H,40,41)/t14-,15-,16?,21-,28+,29-/m0/s1. The maximum Gasteiger partial charge on any atom is 0.320 e. The molecule has 0 heterocycles. The van der Waals surface area contributed by atoms with Gasteiger partial charge >= 0.3 is 5.97 Å². The van der Waals surface area contributed by atoms with Crippen LogP contribution in [0.5, 0.6) is 5.75 Å². The summed E-state index contributed by atoms with van der Waals surface area (Å²) >= 11 is 0. The molecule has 0 radical (unpaired) electrons. The van der Waals surface area contributed by atoms with Gasteiger partial charge in [-0.1, -0.05) is 18.6 Å². The van der Waals surface area contributed by atoms with Gasteiger partial charge < -0.3 is 41.7 Å². The molecule has 0 bridgehead atoms. The third kappa shape index (κ3) is 5.18. The highest BCUT2D eigenvalue weighted by atomic mass is 16.4. The summed E-state index contributed by atoms with van der Waals surface area (Å²) in [5, 5.41) is 70.6. The monoisotopic (exact) mass is 602 g/mol. The minimum Gasteiger partial charge on any atom is -0.508 e. The van der Waals surface area contributed by atoms with Crippen molar-refractivity contribution in [1.82, 2.24) is 15.5 Å². The Morgan fingerprint density at radius 3 is 2.44 bits per heavy atom. The summed E-state index contributed by atoms with van der Waals surface area (Å²) in [6, 6.07) is 1.99. The average Bonchev–Trinajstić information content (AvgIpc) is 2.92. The Bertz CT molecular complexity index is 1420. The minimum atomic E-state index is -2.80.